The smallest absolute Gasteiger partial charge is 0.287 e. The third kappa shape index (κ3) is 3.75. The lowest BCUT2D eigenvalue weighted by molar-refractivity contribution is -0.136. The van der Waals surface area contributed by atoms with E-state index in [2.05, 4.69) is 20.6 Å². The summed E-state index contributed by atoms with van der Waals surface area (Å²) in [4.78, 5) is 69.4. The summed E-state index contributed by atoms with van der Waals surface area (Å²) >= 11 is 0. The lowest BCUT2D eigenvalue weighted by Gasteiger charge is -2.29. The first kappa shape index (κ1) is 20.6. The Balaban J connectivity index is 1.29. The molecule has 0 spiro atoms. The quantitative estimate of drug-likeness (QED) is 0.503. The van der Waals surface area contributed by atoms with Crippen molar-refractivity contribution in [3.05, 3.63) is 75.3 Å². The van der Waals surface area contributed by atoms with Gasteiger partial charge in [-0.05, 0) is 35.7 Å². The van der Waals surface area contributed by atoms with Crippen molar-refractivity contribution in [2.24, 2.45) is 0 Å². The molecular formula is C23H19N5O5. The molecule has 10 nitrogen and oxygen atoms in total. The third-order valence-electron chi connectivity index (χ3n) is 5.87. The molecular weight excluding hydrogens is 426 g/mol. The van der Waals surface area contributed by atoms with E-state index in [1.165, 1.54) is 4.90 Å². The fraction of sp³-hybridized carbons (Fsp3) is 0.217. The number of hydrogen-bond acceptors (Lipinski definition) is 6. The van der Waals surface area contributed by atoms with E-state index >= 15 is 0 Å². The Hall–Kier alpha value is -4.34. The summed E-state index contributed by atoms with van der Waals surface area (Å²) in [5.74, 6) is -1.72. The number of rotatable bonds is 4. The average molecular weight is 445 g/mol. The largest absolute Gasteiger partial charge is 0.345 e. The van der Waals surface area contributed by atoms with Gasteiger partial charge in [0.15, 0.2) is 5.82 Å². The number of fused-ring (bicyclic) bond motifs is 2. The maximum Gasteiger partial charge on any atom is 0.287 e. The van der Waals surface area contributed by atoms with Crippen molar-refractivity contribution in [1.29, 1.82) is 0 Å². The van der Waals surface area contributed by atoms with Gasteiger partial charge in [-0.3, -0.25) is 29.3 Å². The second kappa shape index (κ2) is 7.97. The molecule has 0 radical (unpaired) electrons. The van der Waals surface area contributed by atoms with Crippen LogP contribution in [0, 0.1) is 0 Å². The summed E-state index contributed by atoms with van der Waals surface area (Å²) in [5.41, 5.74) is 1.94. The number of imide groups is 1. The SMILES string of the molecule is O=C1CCC(N2Cc3ccc(CNC(=O)c4nc5ccccc5c(=O)[nH]4)cc3C2=O)C(=O)N1. The Kier molecular flexibility index (Phi) is 4.97. The number of benzene rings is 2. The van der Waals surface area contributed by atoms with Crippen molar-refractivity contribution in [2.75, 3.05) is 0 Å². The van der Waals surface area contributed by atoms with E-state index in [-0.39, 0.29) is 37.1 Å². The van der Waals surface area contributed by atoms with Gasteiger partial charge in [0, 0.05) is 25.1 Å². The molecule has 1 saturated heterocycles. The van der Waals surface area contributed by atoms with Gasteiger partial charge in [0.1, 0.15) is 6.04 Å². The topological polar surface area (TPSA) is 141 Å². The average Bonchev–Trinajstić information content (AvgIpc) is 3.13. The molecule has 3 aromatic rings. The predicted molar refractivity (Wildman–Crippen MR) is 116 cm³/mol. The molecule has 3 N–H and O–H groups in total. The molecule has 3 heterocycles. The fourth-order valence-corrected chi connectivity index (χ4v) is 4.17. The number of hydrogen-bond donors (Lipinski definition) is 3. The van der Waals surface area contributed by atoms with Crippen LogP contribution in [0.2, 0.25) is 0 Å². The standard InChI is InChI=1S/C23H19N5O5/c29-18-8-7-17(21(31)26-18)28-11-13-6-5-12(9-15(13)23(28)33)10-24-22(32)19-25-16-4-2-1-3-14(16)20(30)27-19/h1-6,9,17H,7-8,10-11H2,(H,24,32)(H,25,27,30)(H,26,29,31). The van der Waals surface area contributed by atoms with Gasteiger partial charge in [-0.15, -0.1) is 0 Å². The summed E-state index contributed by atoms with van der Waals surface area (Å²) in [6, 6.07) is 11.3. The first-order valence-corrected chi connectivity index (χ1v) is 10.4. The minimum Gasteiger partial charge on any atom is -0.345 e. The second-order valence-corrected chi connectivity index (χ2v) is 8.01. The molecule has 4 amide bonds. The highest BCUT2D eigenvalue weighted by atomic mass is 16.2. The zero-order valence-electron chi connectivity index (χ0n) is 17.4. The molecule has 5 rings (SSSR count). The molecule has 1 aromatic heterocycles. The summed E-state index contributed by atoms with van der Waals surface area (Å²) in [6.07, 6.45) is 0.489. The van der Waals surface area contributed by atoms with Crippen LogP contribution in [0.4, 0.5) is 0 Å². The van der Waals surface area contributed by atoms with Crippen LogP contribution >= 0.6 is 0 Å². The third-order valence-corrected chi connectivity index (χ3v) is 5.87. The highest BCUT2D eigenvalue weighted by Gasteiger charge is 2.39. The van der Waals surface area contributed by atoms with Gasteiger partial charge in [-0.1, -0.05) is 24.3 Å². The minimum absolute atomic E-state index is 0.0973. The van der Waals surface area contributed by atoms with Gasteiger partial charge in [-0.25, -0.2) is 4.98 Å². The van der Waals surface area contributed by atoms with Crippen molar-refractivity contribution in [3.8, 4) is 0 Å². The van der Waals surface area contributed by atoms with Gasteiger partial charge in [0.05, 0.1) is 10.9 Å². The molecule has 1 fully saturated rings. The predicted octanol–water partition coefficient (Wildman–Crippen LogP) is 0.614. The Morgan fingerprint density at radius 3 is 2.76 bits per heavy atom. The highest BCUT2D eigenvalue weighted by molar-refractivity contribution is 6.05. The van der Waals surface area contributed by atoms with Gasteiger partial charge >= 0.3 is 0 Å². The zero-order valence-corrected chi connectivity index (χ0v) is 17.4. The molecule has 2 aromatic carbocycles. The molecule has 1 atom stereocenters. The van der Waals surface area contributed by atoms with Gasteiger partial charge in [-0.2, -0.15) is 0 Å². The number of nitrogens with zero attached hydrogens (tertiary/aromatic N) is 2. The highest BCUT2D eigenvalue weighted by Crippen LogP contribution is 2.28. The van der Waals surface area contributed by atoms with E-state index in [0.717, 1.165) is 5.56 Å². The van der Waals surface area contributed by atoms with E-state index in [4.69, 9.17) is 0 Å². The molecule has 1 unspecified atom stereocenters. The Labute approximate surface area is 187 Å². The van der Waals surface area contributed by atoms with Crippen molar-refractivity contribution in [1.82, 2.24) is 25.5 Å². The van der Waals surface area contributed by atoms with Crippen LogP contribution in [0.5, 0.6) is 0 Å². The van der Waals surface area contributed by atoms with Crippen LogP contribution in [0.15, 0.2) is 47.3 Å². The van der Waals surface area contributed by atoms with Crippen LogP contribution in [0.25, 0.3) is 10.9 Å². The lowest BCUT2D eigenvalue weighted by atomic mass is 10.0. The van der Waals surface area contributed by atoms with E-state index < -0.39 is 23.4 Å². The number of amides is 4. The number of piperidine rings is 1. The fourth-order valence-electron chi connectivity index (χ4n) is 4.17. The molecule has 10 heteroatoms. The van der Waals surface area contributed by atoms with Gasteiger partial charge < -0.3 is 15.2 Å². The summed E-state index contributed by atoms with van der Waals surface area (Å²) in [7, 11) is 0. The lowest BCUT2D eigenvalue weighted by Crippen LogP contribution is -2.52. The number of H-pyrrole nitrogens is 1. The van der Waals surface area contributed by atoms with Crippen LogP contribution in [-0.4, -0.2) is 44.5 Å². The normalized spacial score (nSPS) is 17.8. The van der Waals surface area contributed by atoms with Gasteiger partial charge in [0.2, 0.25) is 11.8 Å². The van der Waals surface area contributed by atoms with Gasteiger partial charge in [0.25, 0.3) is 17.4 Å². The monoisotopic (exact) mass is 445 g/mol. The summed E-state index contributed by atoms with van der Waals surface area (Å²) in [5, 5.41) is 5.37. The van der Waals surface area contributed by atoms with Crippen molar-refractivity contribution in [3.63, 3.8) is 0 Å². The molecule has 0 bridgehead atoms. The van der Waals surface area contributed by atoms with E-state index in [1.54, 1.807) is 42.5 Å². The first-order chi connectivity index (χ1) is 15.9. The maximum atomic E-state index is 12.9. The molecule has 2 aliphatic rings. The summed E-state index contributed by atoms with van der Waals surface area (Å²) in [6.45, 7) is 0.406. The van der Waals surface area contributed by atoms with Crippen LogP contribution < -0.4 is 16.2 Å². The van der Waals surface area contributed by atoms with Crippen molar-refractivity contribution in [2.45, 2.75) is 32.0 Å². The Morgan fingerprint density at radius 2 is 1.94 bits per heavy atom. The zero-order chi connectivity index (χ0) is 23.1. The Bertz CT molecular complexity index is 1400. The number of para-hydroxylation sites is 1. The molecule has 0 aliphatic carbocycles. The number of nitrogens with one attached hydrogen (secondary N) is 3. The number of carbonyl (C=O) groups is 4. The minimum atomic E-state index is -0.679. The maximum absolute atomic E-state index is 12.9. The van der Waals surface area contributed by atoms with E-state index in [1.807, 2.05) is 0 Å². The number of aromatic amines is 1. The first-order valence-electron chi connectivity index (χ1n) is 10.4. The molecule has 166 valence electrons. The number of aromatic nitrogens is 2. The van der Waals surface area contributed by atoms with Crippen molar-refractivity contribution < 1.29 is 19.2 Å². The van der Waals surface area contributed by atoms with Crippen LogP contribution in [0.1, 0.15) is 44.9 Å². The number of carbonyl (C=O) groups excluding carboxylic acids is 4. The molecule has 33 heavy (non-hydrogen) atoms. The van der Waals surface area contributed by atoms with Crippen LogP contribution in [-0.2, 0) is 22.7 Å². The summed E-state index contributed by atoms with van der Waals surface area (Å²) < 4.78 is 0. The Morgan fingerprint density at radius 1 is 1.12 bits per heavy atom. The van der Waals surface area contributed by atoms with E-state index in [9.17, 15) is 24.0 Å². The molecule has 0 saturated carbocycles. The molecule has 2 aliphatic heterocycles. The van der Waals surface area contributed by atoms with Crippen molar-refractivity contribution >= 4 is 34.5 Å². The second-order valence-electron chi connectivity index (χ2n) is 8.01. The van der Waals surface area contributed by atoms with Crippen LogP contribution in [0.3, 0.4) is 0 Å². The van der Waals surface area contributed by atoms with E-state index in [0.29, 0.717) is 28.5 Å².